The van der Waals surface area contributed by atoms with Crippen LogP contribution in [0.1, 0.15) is 38.2 Å². The molecule has 1 N–H and O–H groups in total. The van der Waals surface area contributed by atoms with Crippen molar-refractivity contribution in [2.24, 2.45) is 0 Å². The van der Waals surface area contributed by atoms with Crippen LogP contribution < -0.4 is 5.32 Å². The molecule has 176 valence electrons. The Morgan fingerprint density at radius 1 is 0.765 bits per heavy atom. The summed E-state index contributed by atoms with van der Waals surface area (Å²) in [5.74, 6) is -0.0305. The van der Waals surface area contributed by atoms with Gasteiger partial charge in [-0.25, -0.2) is 0 Å². The van der Waals surface area contributed by atoms with Crippen LogP contribution in [0.3, 0.4) is 0 Å². The molecule has 3 aromatic rings. The van der Waals surface area contributed by atoms with Crippen LogP contribution in [0.4, 0.5) is 0 Å². The highest BCUT2D eigenvalue weighted by Gasteiger charge is 2.16. The smallest absolute Gasteiger partial charge is 0.251 e. The summed E-state index contributed by atoms with van der Waals surface area (Å²) in [7, 11) is 0. The molecule has 0 radical (unpaired) electrons. The molecule has 34 heavy (non-hydrogen) atoms. The molecular weight excluding hydrogens is 422 g/mol. The first-order valence-electron chi connectivity index (χ1n) is 12.3. The summed E-state index contributed by atoms with van der Waals surface area (Å²) in [6.07, 6.45) is 1.10. The first-order chi connectivity index (χ1) is 16.7. The Hall–Kier alpha value is -2.99. The fourth-order valence-electron chi connectivity index (χ4n) is 4.85. The fraction of sp³-hybridized carbons (Fsp3) is 0.345. The van der Waals surface area contributed by atoms with Crippen LogP contribution in [0.15, 0.2) is 72.8 Å². The lowest BCUT2D eigenvalue weighted by atomic mass is 9.99. The predicted octanol–water partition coefficient (Wildman–Crippen LogP) is 4.01. The van der Waals surface area contributed by atoms with Gasteiger partial charge in [0.1, 0.15) is 0 Å². The summed E-state index contributed by atoms with van der Waals surface area (Å²) in [6.45, 7) is 7.99. The van der Waals surface area contributed by atoms with Crippen molar-refractivity contribution in [3.05, 3.63) is 106 Å². The van der Waals surface area contributed by atoms with E-state index in [0.717, 1.165) is 64.5 Å². The minimum atomic E-state index is -0.0305. The Kier molecular flexibility index (Phi) is 7.34. The number of carbonyl (C=O) groups excluding carboxylic acids is 1. The normalized spacial score (nSPS) is 16.7. The zero-order valence-electron chi connectivity index (χ0n) is 19.7. The largest absolute Gasteiger partial charge is 0.379 e. The number of carbonyl (C=O) groups is 1. The monoisotopic (exact) mass is 455 g/mol. The van der Waals surface area contributed by atoms with Crippen LogP contribution in [-0.2, 0) is 37.3 Å². The summed E-state index contributed by atoms with van der Waals surface area (Å²) in [5.41, 5.74) is 7.25. The van der Waals surface area contributed by atoms with Gasteiger partial charge in [-0.2, -0.15) is 0 Å². The third-order valence-electron chi connectivity index (χ3n) is 6.79. The molecule has 2 aliphatic rings. The molecule has 1 fully saturated rings. The molecular formula is C29H33N3O2. The SMILES string of the molecule is O=C(NCc1cccc(CN2CCOCC2)c1)c1ccc(CN2CCc3ccccc3C2)cc1. The third kappa shape index (κ3) is 5.92. The number of nitrogens with zero attached hydrogens (tertiary/aromatic N) is 2. The van der Waals surface area contributed by atoms with Crippen molar-refractivity contribution < 1.29 is 9.53 Å². The van der Waals surface area contributed by atoms with Crippen LogP contribution >= 0.6 is 0 Å². The van der Waals surface area contributed by atoms with Crippen LogP contribution in [0, 0.1) is 0 Å². The number of ether oxygens (including phenoxy) is 1. The summed E-state index contributed by atoms with van der Waals surface area (Å²) in [5, 5.41) is 3.07. The van der Waals surface area contributed by atoms with Crippen LogP contribution in [0.25, 0.3) is 0 Å². The number of hydrogen-bond acceptors (Lipinski definition) is 4. The number of rotatable bonds is 7. The van der Waals surface area contributed by atoms with Gasteiger partial charge in [0.05, 0.1) is 13.2 Å². The molecule has 0 spiro atoms. The summed E-state index contributed by atoms with van der Waals surface area (Å²) in [6, 6.07) is 25.2. The summed E-state index contributed by atoms with van der Waals surface area (Å²) in [4.78, 5) is 17.6. The topological polar surface area (TPSA) is 44.8 Å². The number of fused-ring (bicyclic) bond motifs is 1. The summed E-state index contributed by atoms with van der Waals surface area (Å²) < 4.78 is 5.43. The molecule has 1 saturated heterocycles. The van der Waals surface area contributed by atoms with Gasteiger partial charge in [0.25, 0.3) is 5.91 Å². The van der Waals surface area contributed by atoms with Crippen molar-refractivity contribution in [1.82, 2.24) is 15.1 Å². The van der Waals surface area contributed by atoms with E-state index in [2.05, 4.69) is 75.8 Å². The summed E-state index contributed by atoms with van der Waals surface area (Å²) >= 11 is 0. The van der Waals surface area contributed by atoms with Gasteiger partial charge in [0, 0.05) is 51.4 Å². The van der Waals surface area contributed by atoms with E-state index in [0.29, 0.717) is 12.1 Å². The van der Waals surface area contributed by atoms with Gasteiger partial charge in [-0.05, 0) is 46.4 Å². The fourth-order valence-corrected chi connectivity index (χ4v) is 4.85. The molecule has 0 atom stereocenters. The molecule has 0 saturated carbocycles. The van der Waals surface area contributed by atoms with Crippen LogP contribution in [0.5, 0.6) is 0 Å². The Bertz CT molecular complexity index is 1110. The molecule has 2 heterocycles. The Labute approximate surface area is 202 Å². The molecule has 5 rings (SSSR count). The van der Waals surface area contributed by atoms with E-state index in [1.165, 1.54) is 22.3 Å². The molecule has 1 amide bonds. The van der Waals surface area contributed by atoms with Crippen LogP contribution in [-0.4, -0.2) is 48.6 Å². The van der Waals surface area contributed by atoms with E-state index in [1.54, 1.807) is 0 Å². The molecule has 0 aromatic heterocycles. The predicted molar refractivity (Wildman–Crippen MR) is 134 cm³/mol. The number of nitrogens with one attached hydrogen (secondary N) is 1. The van der Waals surface area contributed by atoms with Gasteiger partial charge in [0.15, 0.2) is 0 Å². The Balaban J connectivity index is 1.12. The average Bonchev–Trinajstić information content (AvgIpc) is 2.88. The zero-order chi connectivity index (χ0) is 23.2. The second kappa shape index (κ2) is 11.0. The minimum Gasteiger partial charge on any atom is -0.379 e. The molecule has 5 nitrogen and oxygen atoms in total. The number of hydrogen-bond donors (Lipinski definition) is 1. The first-order valence-corrected chi connectivity index (χ1v) is 12.3. The Morgan fingerprint density at radius 2 is 1.50 bits per heavy atom. The standard InChI is InChI=1S/C29H33N3O2/c33-29(30-19-24-4-3-5-25(18-24)21-31-14-16-34-17-15-31)27-10-8-23(9-11-27)20-32-13-12-26-6-1-2-7-28(26)22-32/h1-11,18H,12-17,19-22H2,(H,30,33). The van der Waals surface area contributed by atoms with E-state index in [9.17, 15) is 4.79 Å². The molecule has 2 aliphatic heterocycles. The zero-order valence-corrected chi connectivity index (χ0v) is 19.7. The van der Waals surface area contributed by atoms with Gasteiger partial charge in [-0.1, -0.05) is 60.7 Å². The van der Waals surface area contributed by atoms with Gasteiger partial charge in [-0.3, -0.25) is 14.6 Å². The number of morpholine rings is 1. The molecule has 0 bridgehead atoms. The van der Waals surface area contributed by atoms with Crippen molar-refractivity contribution in [2.75, 3.05) is 32.8 Å². The quantitative estimate of drug-likeness (QED) is 0.585. The van der Waals surface area contributed by atoms with E-state index >= 15 is 0 Å². The molecule has 5 heteroatoms. The number of amides is 1. The average molecular weight is 456 g/mol. The lowest BCUT2D eigenvalue weighted by Crippen LogP contribution is -2.35. The highest BCUT2D eigenvalue weighted by molar-refractivity contribution is 5.94. The highest BCUT2D eigenvalue weighted by atomic mass is 16.5. The second-order valence-electron chi connectivity index (χ2n) is 9.32. The van der Waals surface area contributed by atoms with Crippen molar-refractivity contribution in [2.45, 2.75) is 32.6 Å². The van der Waals surface area contributed by atoms with Gasteiger partial charge in [0.2, 0.25) is 0 Å². The van der Waals surface area contributed by atoms with Crippen molar-refractivity contribution in [3.63, 3.8) is 0 Å². The third-order valence-corrected chi connectivity index (χ3v) is 6.79. The second-order valence-corrected chi connectivity index (χ2v) is 9.32. The number of benzene rings is 3. The van der Waals surface area contributed by atoms with E-state index in [4.69, 9.17) is 4.74 Å². The van der Waals surface area contributed by atoms with E-state index in [1.807, 2.05) is 12.1 Å². The minimum absolute atomic E-state index is 0.0305. The van der Waals surface area contributed by atoms with E-state index in [-0.39, 0.29) is 5.91 Å². The van der Waals surface area contributed by atoms with Crippen molar-refractivity contribution >= 4 is 5.91 Å². The van der Waals surface area contributed by atoms with Crippen molar-refractivity contribution in [1.29, 1.82) is 0 Å². The molecule has 0 unspecified atom stereocenters. The lowest BCUT2D eigenvalue weighted by Gasteiger charge is -2.28. The molecule has 3 aromatic carbocycles. The lowest BCUT2D eigenvalue weighted by molar-refractivity contribution is 0.0342. The Morgan fingerprint density at radius 3 is 2.32 bits per heavy atom. The maximum atomic E-state index is 12.7. The maximum absolute atomic E-state index is 12.7. The van der Waals surface area contributed by atoms with Gasteiger partial charge < -0.3 is 10.1 Å². The van der Waals surface area contributed by atoms with Crippen molar-refractivity contribution in [3.8, 4) is 0 Å². The molecule has 0 aliphatic carbocycles. The highest BCUT2D eigenvalue weighted by Crippen LogP contribution is 2.20. The maximum Gasteiger partial charge on any atom is 0.251 e. The van der Waals surface area contributed by atoms with Crippen LogP contribution in [0.2, 0.25) is 0 Å². The van der Waals surface area contributed by atoms with Gasteiger partial charge >= 0.3 is 0 Å². The first kappa shape index (κ1) is 22.8. The van der Waals surface area contributed by atoms with E-state index < -0.39 is 0 Å². The van der Waals surface area contributed by atoms with Gasteiger partial charge in [-0.15, -0.1) is 0 Å².